The van der Waals surface area contributed by atoms with Crippen LogP contribution in [-0.4, -0.2) is 26.9 Å². The number of carbonyl (C=O) groups is 1. The minimum absolute atomic E-state index is 0. The Balaban J connectivity index is 0.00000196. The fourth-order valence-electron chi connectivity index (χ4n) is 1.16. The van der Waals surface area contributed by atoms with E-state index in [0.717, 1.165) is 6.16 Å². The molecule has 0 unspecified atom stereocenters. The summed E-state index contributed by atoms with van der Waals surface area (Å²) in [5.41, 5.74) is 0. The molecule has 0 aromatic heterocycles. The summed E-state index contributed by atoms with van der Waals surface area (Å²) in [4.78, 5) is 10.7. The van der Waals surface area contributed by atoms with Gasteiger partial charge in [0.25, 0.3) is 0 Å². The first-order valence-electron chi connectivity index (χ1n) is 4.67. The van der Waals surface area contributed by atoms with Crippen LogP contribution in [0, 0.1) is 0 Å². The second kappa shape index (κ2) is 7.47. The maximum Gasteiger partial charge on any atom is 0.302 e. The van der Waals surface area contributed by atoms with Crippen molar-refractivity contribution < 1.29 is 9.53 Å². The van der Waals surface area contributed by atoms with Gasteiger partial charge in [-0.3, -0.25) is 4.79 Å². The Morgan fingerprint density at radius 1 is 1.33 bits per heavy atom. The van der Waals surface area contributed by atoms with Crippen molar-refractivity contribution in [1.82, 2.24) is 0 Å². The zero-order valence-electron chi connectivity index (χ0n) is 9.14. The molecule has 0 N–H and O–H groups in total. The molecule has 1 aromatic carbocycles. The number of benzene rings is 1. The fraction of sp³-hybridized carbons (Fsp3) is 0.364. The largest absolute Gasteiger partial charge is 0.461 e. The molecule has 0 bridgehead atoms. The van der Waals surface area contributed by atoms with Gasteiger partial charge in [0.2, 0.25) is 0 Å². The summed E-state index contributed by atoms with van der Waals surface area (Å²) in [6, 6.07) is 10.2. The van der Waals surface area contributed by atoms with Gasteiger partial charge in [-0.15, -0.1) is 0 Å². The molecule has 1 rings (SSSR count). The fourth-order valence-corrected chi connectivity index (χ4v) is 2.78. The predicted molar refractivity (Wildman–Crippen MR) is 65.9 cm³/mol. The van der Waals surface area contributed by atoms with Gasteiger partial charge in [0.15, 0.2) is 0 Å². The van der Waals surface area contributed by atoms with E-state index >= 15 is 0 Å². The van der Waals surface area contributed by atoms with E-state index in [9.17, 15) is 4.79 Å². The number of rotatable bonds is 4. The predicted octanol–water partition coefficient (Wildman–Crippen LogP) is 1.95. The maximum atomic E-state index is 10.7. The standard InChI is InChI=1S/C11H15O2P.B/c1-3-14(9-13-10(2)12)11-7-5-4-6-8-11;/h4-8H,3,9H2,1-2H3;/t14-;/m1./s1. The van der Waals surface area contributed by atoms with Gasteiger partial charge < -0.3 is 4.74 Å². The number of ether oxygens (including phenoxy) is 1. The normalized spacial score (nSPS) is 11.3. The van der Waals surface area contributed by atoms with Gasteiger partial charge in [0.1, 0.15) is 6.35 Å². The Bertz CT molecular complexity index is 290. The van der Waals surface area contributed by atoms with Crippen LogP contribution < -0.4 is 5.30 Å². The average Bonchev–Trinajstić information content (AvgIpc) is 2.20. The van der Waals surface area contributed by atoms with E-state index < -0.39 is 0 Å². The van der Waals surface area contributed by atoms with Crippen molar-refractivity contribution in [2.45, 2.75) is 13.8 Å². The molecule has 3 radical (unpaired) electrons. The first-order valence-corrected chi connectivity index (χ1v) is 6.38. The van der Waals surface area contributed by atoms with Crippen molar-refractivity contribution in [3.63, 3.8) is 0 Å². The van der Waals surface area contributed by atoms with Crippen LogP contribution >= 0.6 is 7.92 Å². The van der Waals surface area contributed by atoms with Gasteiger partial charge in [-0.1, -0.05) is 37.3 Å². The van der Waals surface area contributed by atoms with Crippen LogP contribution in [0.4, 0.5) is 0 Å². The van der Waals surface area contributed by atoms with E-state index in [2.05, 4.69) is 19.1 Å². The van der Waals surface area contributed by atoms with Crippen molar-refractivity contribution in [2.75, 3.05) is 12.5 Å². The second-order valence-corrected chi connectivity index (χ2v) is 5.44. The highest BCUT2D eigenvalue weighted by Gasteiger charge is 2.09. The summed E-state index contributed by atoms with van der Waals surface area (Å²) in [5, 5.41) is 1.30. The van der Waals surface area contributed by atoms with Gasteiger partial charge in [-0.2, -0.15) is 0 Å². The van der Waals surface area contributed by atoms with Crippen LogP contribution in [0.2, 0.25) is 0 Å². The molecule has 15 heavy (non-hydrogen) atoms. The van der Waals surface area contributed by atoms with Crippen LogP contribution in [0.1, 0.15) is 13.8 Å². The molecule has 0 saturated carbocycles. The zero-order valence-corrected chi connectivity index (χ0v) is 10.0. The first kappa shape index (κ1) is 14.2. The van der Waals surface area contributed by atoms with E-state index in [1.807, 2.05) is 18.2 Å². The molecule has 0 fully saturated rings. The lowest BCUT2D eigenvalue weighted by Gasteiger charge is -2.15. The van der Waals surface area contributed by atoms with Crippen molar-refractivity contribution in [1.29, 1.82) is 0 Å². The van der Waals surface area contributed by atoms with Crippen LogP contribution in [0.3, 0.4) is 0 Å². The van der Waals surface area contributed by atoms with E-state index in [1.54, 1.807) is 0 Å². The summed E-state index contributed by atoms with van der Waals surface area (Å²) in [7, 11) is -0.329. The molecule has 0 saturated heterocycles. The zero-order chi connectivity index (χ0) is 10.4. The highest BCUT2D eigenvalue weighted by Crippen LogP contribution is 2.33. The van der Waals surface area contributed by atoms with Crippen molar-refractivity contribution in [3.05, 3.63) is 30.3 Å². The van der Waals surface area contributed by atoms with E-state index in [4.69, 9.17) is 4.74 Å². The van der Waals surface area contributed by atoms with Gasteiger partial charge in [-0.25, -0.2) is 0 Å². The molecule has 4 heteroatoms. The minimum atomic E-state index is -0.329. The molecule has 0 spiro atoms. The summed E-state index contributed by atoms with van der Waals surface area (Å²) in [5.74, 6) is -0.193. The third-order valence-electron chi connectivity index (χ3n) is 1.93. The number of esters is 1. The SMILES string of the molecule is CC[P@](COC(C)=O)c1ccccc1.[B]. The van der Waals surface area contributed by atoms with Crippen LogP contribution in [0.15, 0.2) is 30.3 Å². The number of carbonyl (C=O) groups excluding carboxylic acids is 1. The third-order valence-corrected chi connectivity index (χ3v) is 4.16. The Morgan fingerprint density at radius 3 is 2.40 bits per heavy atom. The Kier molecular flexibility index (Phi) is 7.07. The van der Waals surface area contributed by atoms with Crippen LogP contribution in [0.25, 0.3) is 0 Å². The second-order valence-electron chi connectivity index (χ2n) is 2.96. The van der Waals surface area contributed by atoms with Crippen LogP contribution in [0.5, 0.6) is 0 Å². The quantitative estimate of drug-likeness (QED) is 0.441. The lowest BCUT2D eigenvalue weighted by Crippen LogP contribution is -2.08. The highest BCUT2D eigenvalue weighted by atomic mass is 31.1. The van der Waals surface area contributed by atoms with Crippen molar-refractivity contribution in [2.24, 2.45) is 0 Å². The summed E-state index contributed by atoms with van der Waals surface area (Å²) >= 11 is 0. The average molecular weight is 221 g/mol. The lowest BCUT2D eigenvalue weighted by molar-refractivity contribution is -0.138. The van der Waals surface area contributed by atoms with E-state index in [1.165, 1.54) is 12.2 Å². The summed E-state index contributed by atoms with van der Waals surface area (Å²) < 4.78 is 5.04. The van der Waals surface area contributed by atoms with E-state index in [0.29, 0.717) is 6.35 Å². The third kappa shape index (κ3) is 4.99. The van der Waals surface area contributed by atoms with E-state index in [-0.39, 0.29) is 22.3 Å². The molecular weight excluding hydrogens is 206 g/mol. The minimum Gasteiger partial charge on any atom is -0.461 e. The number of hydrogen-bond acceptors (Lipinski definition) is 2. The van der Waals surface area contributed by atoms with Gasteiger partial charge in [0, 0.05) is 15.3 Å². The van der Waals surface area contributed by atoms with Gasteiger partial charge >= 0.3 is 5.97 Å². The molecular formula is C11H15BO2P. The molecule has 0 heterocycles. The molecule has 2 nitrogen and oxygen atoms in total. The van der Waals surface area contributed by atoms with Gasteiger partial charge in [-0.05, 0) is 19.4 Å². The molecule has 0 aliphatic carbocycles. The molecule has 0 aliphatic heterocycles. The Labute approximate surface area is 94.4 Å². The Hall–Kier alpha value is -0.815. The maximum absolute atomic E-state index is 10.7. The monoisotopic (exact) mass is 221 g/mol. The van der Waals surface area contributed by atoms with Crippen molar-refractivity contribution >= 4 is 27.6 Å². The first-order chi connectivity index (χ1) is 6.74. The topological polar surface area (TPSA) is 26.3 Å². The smallest absolute Gasteiger partial charge is 0.302 e. The molecule has 1 atom stereocenters. The summed E-state index contributed by atoms with van der Waals surface area (Å²) in [6.07, 6.45) is 1.60. The summed E-state index contributed by atoms with van der Waals surface area (Å²) in [6.45, 7) is 3.58. The van der Waals surface area contributed by atoms with Gasteiger partial charge in [0.05, 0.1) is 0 Å². The molecule has 1 aromatic rings. The van der Waals surface area contributed by atoms with Crippen LogP contribution in [-0.2, 0) is 9.53 Å². The molecule has 0 aliphatic rings. The highest BCUT2D eigenvalue weighted by molar-refractivity contribution is 7.65. The lowest BCUT2D eigenvalue weighted by atomic mass is 10.4. The Morgan fingerprint density at radius 2 is 1.93 bits per heavy atom. The molecule has 0 amide bonds. The molecule has 79 valence electrons. The van der Waals surface area contributed by atoms with Crippen molar-refractivity contribution in [3.8, 4) is 0 Å². The number of hydrogen-bond donors (Lipinski definition) is 0.